The van der Waals surface area contributed by atoms with Crippen molar-refractivity contribution in [3.8, 4) is 0 Å². The predicted molar refractivity (Wildman–Crippen MR) is 124 cm³/mol. The molecule has 162 valence electrons. The zero-order valence-corrected chi connectivity index (χ0v) is 20.2. The maximum Gasteiger partial charge on any atom is -0.0325 e. The molecule has 0 atom stereocenters. The minimum Gasteiger partial charge on any atom is -0.0654 e. The Balaban J connectivity index is 2.86. The lowest BCUT2D eigenvalue weighted by atomic mass is 9.70. The lowest BCUT2D eigenvalue weighted by Crippen LogP contribution is -2.22. The number of rotatable bonds is 12. The summed E-state index contributed by atoms with van der Waals surface area (Å²) in [5.41, 5.74) is 1.78. The highest BCUT2D eigenvalue weighted by Gasteiger charge is 2.36. The van der Waals surface area contributed by atoms with Gasteiger partial charge in [0, 0.05) is 0 Å². The second-order valence-corrected chi connectivity index (χ2v) is 11.3. The summed E-state index contributed by atoms with van der Waals surface area (Å²) < 4.78 is 0. The highest BCUT2D eigenvalue weighted by Crippen LogP contribution is 2.50. The van der Waals surface area contributed by atoms with Crippen LogP contribution in [0.1, 0.15) is 157 Å². The first-order valence-corrected chi connectivity index (χ1v) is 12.8. The molecule has 1 aliphatic rings. The smallest absolute Gasteiger partial charge is 0.0325 e. The first-order chi connectivity index (χ1) is 12.8. The Hall–Kier alpha value is 0. The Bertz CT molecular complexity index is 297. The molecular formula is C27H54. The van der Waals surface area contributed by atoms with Gasteiger partial charge in [-0.15, -0.1) is 0 Å². The average Bonchev–Trinajstić information content (AvgIpc) is 2.68. The fraction of sp³-hybridized carbons (Fsp3) is 1.00. The maximum absolute atomic E-state index is 2.65. The molecule has 0 spiro atoms. The Morgan fingerprint density at radius 1 is 0.407 bits per heavy atom. The summed E-state index contributed by atoms with van der Waals surface area (Å²) in [6.45, 7) is 15.0. The Labute approximate surface area is 173 Å². The Morgan fingerprint density at radius 2 is 0.630 bits per heavy atom. The van der Waals surface area contributed by atoms with Gasteiger partial charge in [0.25, 0.3) is 0 Å². The van der Waals surface area contributed by atoms with Gasteiger partial charge in [-0.3, -0.25) is 0 Å². The molecule has 0 heterocycles. The van der Waals surface area contributed by atoms with Crippen LogP contribution in [-0.4, -0.2) is 0 Å². The van der Waals surface area contributed by atoms with Gasteiger partial charge >= 0.3 is 0 Å². The highest BCUT2D eigenvalue weighted by atomic mass is 14.4. The largest absolute Gasteiger partial charge is 0.0654 e. The summed E-state index contributed by atoms with van der Waals surface area (Å²) in [5.74, 6) is 0. The molecule has 0 unspecified atom stereocenters. The lowest BCUT2D eigenvalue weighted by Gasteiger charge is -2.35. The molecule has 0 aromatic carbocycles. The molecule has 1 saturated carbocycles. The van der Waals surface area contributed by atoms with Crippen LogP contribution in [0.2, 0.25) is 0 Å². The van der Waals surface area contributed by atoms with E-state index in [9.17, 15) is 0 Å². The summed E-state index contributed by atoms with van der Waals surface area (Å²) in [5, 5.41) is 0. The summed E-state index contributed by atoms with van der Waals surface area (Å²) in [4.78, 5) is 0. The first-order valence-electron chi connectivity index (χ1n) is 12.8. The van der Waals surface area contributed by atoms with Crippen molar-refractivity contribution in [2.45, 2.75) is 157 Å². The molecule has 0 radical (unpaired) electrons. The van der Waals surface area contributed by atoms with Gasteiger partial charge in [0.15, 0.2) is 0 Å². The van der Waals surface area contributed by atoms with Crippen LogP contribution in [0.4, 0.5) is 0 Å². The van der Waals surface area contributed by atoms with Crippen molar-refractivity contribution in [1.82, 2.24) is 0 Å². The summed E-state index contributed by atoms with van der Waals surface area (Å²) in [6, 6.07) is 0. The van der Waals surface area contributed by atoms with E-state index in [0.717, 1.165) is 0 Å². The van der Waals surface area contributed by atoms with E-state index in [1.165, 1.54) is 116 Å². The monoisotopic (exact) mass is 378 g/mol. The van der Waals surface area contributed by atoms with E-state index < -0.39 is 0 Å². The van der Waals surface area contributed by atoms with Crippen LogP contribution in [0.15, 0.2) is 0 Å². The van der Waals surface area contributed by atoms with Crippen molar-refractivity contribution in [2.75, 3.05) is 0 Å². The molecule has 0 N–H and O–H groups in total. The van der Waals surface area contributed by atoms with E-state index in [1.807, 2.05) is 0 Å². The van der Waals surface area contributed by atoms with Crippen molar-refractivity contribution in [1.29, 1.82) is 0 Å². The van der Waals surface area contributed by atoms with Gasteiger partial charge in [0.2, 0.25) is 0 Å². The van der Waals surface area contributed by atoms with Crippen LogP contribution in [0.5, 0.6) is 0 Å². The average molecular weight is 379 g/mol. The van der Waals surface area contributed by atoms with Crippen LogP contribution in [0.3, 0.4) is 0 Å². The van der Waals surface area contributed by atoms with Crippen molar-refractivity contribution in [3.05, 3.63) is 0 Å². The molecule has 0 amide bonds. The van der Waals surface area contributed by atoms with E-state index in [2.05, 4.69) is 41.5 Å². The van der Waals surface area contributed by atoms with Crippen LogP contribution >= 0.6 is 0 Å². The topological polar surface area (TPSA) is 0 Å². The predicted octanol–water partition coefficient (Wildman–Crippen LogP) is 10.1. The van der Waals surface area contributed by atoms with Gasteiger partial charge in [0.1, 0.15) is 0 Å². The van der Waals surface area contributed by atoms with Gasteiger partial charge in [-0.05, 0) is 74.0 Å². The molecule has 27 heavy (non-hydrogen) atoms. The van der Waals surface area contributed by atoms with Crippen molar-refractivity contribution in [2.24, 2.45) is 16.2 Å². The normalized spacial score (nSPS) is 32.7. The van der Waals surface area contributed by atoms with Gasteiger partial charge in [-0.1, -0.05) is 99.3 Å². The fourth-order valence-corrected chi connectivity index (χ4v) is 5.34. The summed E-state index contributed by atoms with van der Waals surface area (Å²) in [6.07, 6.45) is 26.0. The standard InChI is InChI=1S/C27H54/c1-7-10-13-16-25(4)19-21-26(5,17-14-11-8-2)23-24-27(6,22-20-25)18-15-12-9-3/h7-24H2,1-6H3. The van der Waals surface area contributed by atoms with Gasteiger partial charge in [-0.25, -0.2) is 0 Å². The fourth-order valence-electron chi connectivity index (χ4n) is 5.34. The van der Waals surface area contributed by atoms with Crippen LogP contribution in [-0.2, 0) is 0 Å². The van der Waals surface area contributed by atoms with Gasteiger partial charge in [-0.2, -0.15) is 0 Å². The molecule has 0 aromatic heterocycles. The Morgan fingerprint density at radius 3 is 0.815 bits per heavy atom. The molecule has 1 rings (SSSR count). The molecule has 1 fully saturated rings. The molecule has 0 heteroatoms. The summed E-state index contributed by atoms with van der Waals surface area (Å²) in [7, 11) is 0. The first kappa shape index (κ1) is 25.0. The zero-order chi connectivity index (χ0) is 20.2. The molecule has 1 aliphatic carbocycles. The van der Waals surface area contributed by atoms with E-state index in [1.54, 1.807) is 0 Å². The van der Waals surface area contributed by atoms with Crippen molar-refractivity contribution in [3.63, 3.8) is 0 Å². The van der Waals surface area contributed by atoms with E-state index in [4.69, 9.17) is 0 Å². The van der Waals surface area contributed by atoms with E-state index in [-0.39, 0.29) is 0 Å². The molecule has 0 aromatic rings. The van der Waals surface area contributed by atoms with Crippen LogP contribution < -0.4 is 0 Å². The molecule has 0 saturated heterocycles. The van der Waals surface area contributed by atoms with E-state index in [0.29, 0.717) is 16.2 Å². The zero-order valence-electron chi connectivity index (χ0n) is 20.2. The number of unbranched alkanes of at least 4 members (excludes halogenated alkanes) is 6. The van der Waals surface area contributed by atoms with Gasteiger partial charge in [0.05, 0.1) is 0 Å². The molecule has 0 nitrogen and oxygen atoms in total. The van der Waals surface area contributed by atoms with Gasteiger partial charge < -0.3 is 0 Å². The van der Waals surface area contributed by atoms with Crippen molar-refractivity contribution >= 4 is 0 Å². The third-order valence-electron chi connectivity index (χ3n) is 8.15. The lowest BCUT2D eigenvalue weighted by molar-refractivity contribution is 0.169. The van der Waals surface area contributed by atoms with Crippen LogP contribution in [0.25, 0.3) is 0 Å². The maximum atomic E-state index is 2.65. The Kier molecular flexibility index (Phi) is 11.6. The molecule has 0 bridgehead atoms. The minimum atomic E-state index is 0.595. The third kappa shape index (κ3) is 9.85. The van der Waals surface area contributed by atoms with Crippen molar-refractivity contribution < 1.29 is 0 Å². The minimum absolute atomic E-state index is 0.595. The number of hydrogen-bond acceptors (Lipinski definition) is 0. The quantitative estimate of drug-likeness (QED) is 0.296. The molecular weight excluding hydrogens is 324 g/mol. The summed E-state index contributed by atoms with van der Waals surface area (Å²) >= 11 is 0. The third-order valence-corrected chi connectivity index (χ3v) is 8.15. The second kappa shape index (κ2) is 12.5. The van der Waals surface area contributed by atoms with Crippen LogP contribution in [0, 0.1) is 16.2 Å². The highest BCUT2D eigenvalue weighted by molar-refractivity contribution is 4.88. The van der Waals surface area contributed by atoms with E-state index >= 15 is 0 Å². The SMILES string of the molecule is CCCCCC1(C)CCC(C)(CCCCC)CCC(C)(CCCCC)CC1. The number of hydrogen-bond donors (Lipinski definition) is 0. The molecule has 0 aliphatic heterocycles. The second-order valence-electron chi connectivity index (χ2n) is 11.3.